The summed E-state index contributed by atoms with van der Waals surface area (Å²) in [5.41, 5.74) is 1.25. The number of ether oxygens (including phenoxy) is 5. The fraction of sp³-hybridized carbons (Fsp3) is 0.755. The number of nitrogens with zero attached hydrogens (tertiary/aromatic N) is 1. The Labute approximate surface area is 411 Å². The molecular formula is C53H84NO14P. The second kappa shape index (κ2) is 26.5. The number of esters is 1. The lowest BCUT2D eigenvalue weighted by molar-refractivity contribution is -0.265. The van der Waals surface area contributed by atoms with Crippen LogP contribution in [0, 0.1) is 35.5 Å². The number of hydrogen-bond acceptors (Lipinski definition) is 14. The van der Waals surface area contributed by atoms with Crippen molar-refractivity contribution in [2.75, 3.05) is 41.2 Å². The maximum absolute atomic E-state index is 14.5. The van der Waals surface area contributed by atoms with Gasteiger partial charge in [0.15, 0.2) is 13.2 Å². The molecule has 15 nitrogen and oxygen atoms in total. The van der Waals surface area contributed by atoms with Gasteiger partial charge < -0.3 is 43.3 Å². The molecule has 0 aromatic heterocycles. The Kier molecular flexibility index (Phi) is 22.5. The van der Waals surface area contributed by atoms with Gasteiger partial charge in [-0.25, -0.2) is 4.79 Å². The summed E-state index contributed by atoms with van der Waals surface area (Å²) >= 11 is 0. The number of aliphatic hydroxyl groups excluding tert-OH is 1. The zero-order valence-electron chi connectivity index (χ0n) is 43.4. The second-order valence-corrected chi connectivity index (χ2v) is 23.6. The van der Waals surface area contributed by atoms with Crippen LogP contribution in [0.4, 0.5) is 0 Å². The van der Waals surface area contributed by atoms with Crippen molar-refractivity contribution >= 4 is 36.6 Å². The highest BCUT2D eigenvalue weighted by Crippen LogP contribution is 2.45. The van der Waals surface area contributed by atoms with Gasteiger partial charge in [0.05, 0.1) is 24.4 Å². The lowest BCUT2D eigenvalue weighted by atomic mass is 9.78. The third kappa shape index (κ3) is 16.2. The van der Waals surface area contributed by atoms with Crippen LogP contribution < -0.4 is 0 Å². The van der Waals surface area contributed by atoms with Crippen LogP contribution in [0.2, 0.25) is 0 Å². The molecular weight excluding hydrogens is 906 g/mol. The molecule has 1 aliphatic carbocycles. The average molecular weight is 990 g/mol. The predicted molar refractivity (Wildman–Crippen MR) is 263 cm³/mol. The molecule has 2 N–H and O–H groups in total. The Morgan fingerprint density at radius 2 is 1.57 bits per heavy atom. The van der Waals surface area contributed by atoms with Crippen LogP contribution in [0.1, 0.15) is 126 Å². The van der Waals surface area contributed by atoms with E-state index in [0.717, 1.165) is 12.0 Å². The number of amides is 1. The van der Waals surface area contributed by atoms with E-state index >= 15 is 0 Å². The molecule has 390 valence electrons. The van der Waals surface area contributed by atoms with E-state index in [2.05, 4.69) is 0 Å². The van der Waals surface area contributed by atoms with Crippen molar-refractivity contribution in [3.63, 3.8) is 0 Å². The van der Waals surface area contributed by atoms with Gasteiger partial charge in [0.2, 0.25) is 5.79 Å². The highest BCUT2D eigenvalue weighted by atomic mass is 31.2. The molecule has 4 aliphatic rings. The number of carbonyl (C=O) groups is 5. The van der Waals surface area contributed by atoms with Gasteiger partial charge in [0.25, 0.3) is 11.7 Å². The summed E-state index contributed by atoms with van der Waals surface area (Å²) in [6.45, 7) is 15.9. The minimum absolute atomic E-state index is 0.0117. The van der Waals surface area contributed by atoms with Crippen molar-refractivity contribution < 1.29 is 67.0 Å². The van der Waals surface area contributed by atoms with Crippen LogP contribution >= 0.6 is 7.37 Å². The van der Waals surface area contributed by atoms with Gasteiger partial charge in [-0.3, -0.25) is 23.7 Å². The summed E-state index contributed by atoms with van der Waals surface area (Å²) in [7, 11) is 1.76. The average Bonchev–Trinajstić information content (AvgIpc) is 3.30. The summed E-state index contributed by atoms with van der Waals surface area (Å²) in [5.74, 6) is -8.11. The normalized spacial score (nSPS) is 39.0. The molecule has 2 bridgehead atoms. The first kappa shape index (κ1) is 58.4. The molecule has 1 amide bonds. The van der Waals surface area contributed by atoms with E-state index in [1.165, 1.54) is 12.0 Å². The number of carbonyl (C=O) groups excluding carboxylic acids is 5. The first-order chi connectivity index (χ1) is 32.4. The molecule has 0 aromatic rings. The van der Waals surface area contributed by atoms with E-state index in [1.807, 2.05) is 58.1 Å². The number of ketones is 3. The van der Waals surface area contributed by atoms with E-state index in [0.29, 0.717) is 63.4 Å². The molecule has 0 unspecified atom stereocenters. The molecule has 16 heteroatoms. The minimum atomic E-state index is -2.79. The number of fused-ring (bicyclic) bond motifs is 3. The van der Waals surface area contributed by atoms with Crippen molar-refractivity contribution in [3.05, 3.63) is 47.6 Å². The molecule has 2 saturated heterocycles. The minimum Gasteiger partial charge on any atom is -0.460 e. The van der Waals surface area contributed by atoms with Gasteiger partial charge >= 0.3 is 5.97 Å². The molecule has 0 aromatic carbocycles. The first-order valence-electron chi connectivity index (χ1n) is 25.2. The van der Waals surface area contributed by atoms with Crippen LogP contribution in [0.3, 0.4) is 0 Å². The standard InChI is InChI=1S/C53H84NO14P/c1-32-18-14-13-15-19-33(2)44(63-8)30-40-23-21-38(7)53(61,67-40)50(58)51(59)54-25-17-16-20-41(54)52(60)66-45(35(4)28-39-22-24-43(46(29-39)64-9)68-69(11,12)62)31-42(55)34(3)27-37(6)48(57)49(65-10)47(56)36(5)26-32/h13-15,18-19,27,32,34-36,38-41,43-46,48-49,57,61H,16-17,20-26,28-31H2,1-12H3/b15-13-,18-14-,33-19-,37-27+/t32-,34-,35-,36-,38-,39+,40+,41+,43-,44+,45+,46-,48-,49+,53-/m1/s1. The number of methoxy groups -OCH3 is 3. The number of aliphatic hydroxyl groups is 2. The molecule has 0 radical (unpaired) electrons. The predicted octanol–water partition coefficient (Wildman–Crippen LogP) is 7.74. The molecule has 0 spiro atoms. The van der Waals surface area contributed by atoms with E-state index < -0.39 is 85.1 Å². The first-order valence-corrected chi connectivity index (χ1v) is 27.7. The zero-order valence-corrected chi connectivity index (χ0v) is 44.3. The highest BCUT2D eigenvalue weighted by Gasteiger charge is 2.53. The maximum Gasteiger partial charge on any atom is 0.329 e. The molecule has 3 heterocycles. The fourth-order valence-electron chi connectivity index (χ4n) is 10.5. The fourth-order valence-corrected chi connectivity index (χ4v) is 11.4. The van der Waals surface area contributed by atoms with Crippen LogP contribution in [-0.2, 0) is 56.7 Å². The van der Waals surface area contributed by atoms with Crippen molar-refractivity contribution in [1.82, 2.24) is 4.90 Å². The van der Waals surface area contributed by atoms with Crippen molar-refractivity contribution in [2.45, 2.75) is 180 Å². The molecule has 1 saturated carbocycles. The number of piperidine rings is 1. The Hall–Kier alpha value is -3.14. The van der Waals surface area contributed by atoms with Crippen molar-refractivity contribution in [2.24, 2.45) is 35.5 Å². The van der Waals surface area contributed by atoms with Gasteiger partial charge in [-0.1, -0.05) is 71.1 Å². The topological polar surface area (TPSA) is 201 Å². The van der Waals surface area contributed by atoms with Crippen LogP contribution in [0.25, 0.3) is 0 Å². The highest BCUT2D eigenvalue weighted by molar-refractivity contribution is 7.57. The van der Waals surface area contributed by atoms with Crippen LogP contribution in [0.5, 0.6) is 0 Å². The van der Waals surface area contributed by atoms with E-state index in [9.17, 15) is 38.8 Å². The zero-order chi connectivity index (χ0) is 51.4. The molecule has 69 heavy (non-hydrogen) atoms. The Balaban J connectivity index is 1.70. The van der Waals surface area contributed by atoms with E-state index in [4.69, 9.17) is 28.2 Å². The Morgan fingerprint density at radius 3 is 2.22 bits per heavy atom. The van der Waals surface area contributed by atoms with Crippen LogP contribution in [0.15, 0.2) is 47.6 Å². The quantitative estimate of drug-likeness (QED) is 0.104. The van der Waals surface area contributed by atoms with Gasteiger partial charge in [-0.05, 0) is 107 Å². The molecule has 15 atom stereocenters. The van der Waals surface area contributed by atoms with Gasteiger partial charge in [0.1, 0.15) is 30.1 Å². The molecule has 3 fully saturated rings. The summed E-state index contributed by atoms with van der Waals surface area (Å²) in [5, 5.41) is 23.5. The van der Waals surface area contributed by atoms with Gasteiger partial charge in [0, 0.05) is 71.8 Å². The Bertz CT molecular complexity index is 1940. The van der Waals surface area contributed by atoms with Crippen molar-refractivity contribution in [3.8, 4) is 0 Å². The van der Waals surface area contributed by atoms with Crippen LogP contribution in [-0.4, -0.2) is 140 Å². The maximum atomic E-state index is 14.5. The lowest BCUT2D eigenvalue weighted by Gasteiger charge is -2.42. The number of hydrogen-bond donors (Lipinski definition) is 2. The second-order valence-electron chi connectivity index (χ2n) is 20.9. The summed E-state index contributed by atoms with van der Waals surface area (Å²) < 4.78 is 48.2. The summed E-state index contributed by atoms with van der Waals surface area (Å²) in [6, 6.07) is -1.16. The number of cyclic esters (lactones) is 1. The third-order valence-electron chi connectivity index (χ3n) is 14.8. The summed E-state index contributed by atoms with van der Waals surface area (Å²) in [6.07, 6.45) is 11.4. The smallest absolute Gasteiger partial charge is 0.329 e. The molecule has 4 rings (SSSR count). The Morgan fingerprint density at radius 1 is 0.855 bits per heavy atom. The van der Waals surface area contributed by atoms with Gasteiger partial charge in [-0.15, -0.1) is 0 Å². The monoisotopic (exact) mass is 990 g/mol. The van der Waals surface area contributed by atoms with E-state index in [1.54, 1.807) is 54.4 Å². The lowest BCUT2D eigenvalue weighted by Crippen LogP contribution is -2.61. The number of allylic oxidation sites excluding steroid dienone is 6. The van der Waals surface area contributed by atoms with Crippen molar-refractivity contribution in [1.29, 1.82) is 0 Å². The van der Waals surface area contributed by atoms with E-state index in [-0.39, 0.29) is 60.9 Å². The number of rotatable bonds is 8. The number of Topliss-reactive ketones (excluding diaryl/α,β-unsaturated/α-hetero) is 3. The summed E-state index contributed by atoms with van der Waals surface area (Å²) in [4.78, 5) is 72.2. The van der Waals surface area contributed by atoms with Gasteiger partial charge in [-0.2, -0.15) is 0 Å². The SMILES string of the molecule is CO[C@H]1C[C@@H]2CC[C@@H](C)[C@@](O)(O2)C(=O)C(=O)N2CCCC[C@H]2C(=O)O[C@H]([C@H](C)C[C@@H]2CC[C@@H](OP(C)(C)=O)[C@H](OC)C2)CC(=O)[C@H](C)/C=C(\C)[C@@H](O)[C@@H](OC)C(=O)[C@H](C)C[C@H](C)\C=C/C=C\C=C/1C. The third-order valence-corrected chi connectivity index (χ3v) is 15.6. The largest absolute Gasteiger partial charge is 0.460 e. The molecule has 3 aliphatic heterocycles.